The molecule has 1 atom stereocenters. The van der Waals surface area contributed by atoms with Crippen LogP contribution in [0.2, 0.25) is 0 Å². The van der Waals surface area contributed by atoms with Gasteiger partial charge in [0.05, 0.1) is 25.9 Å². The summed E-state index contributed by atoms with van der Waals surface area (Å²) in [7, 11) is 0. The molecule has 1 fully saturated rings. The van der Waals surface area contributed by atoms with E-state index in [9.17, 15) is 5.11 Å². The fraction of sp³-hybridized carbons (Fsp3) is 0.522. The molecule has 0 spiro atoms. The molecule has 2 aromatic rings. The Balaban J connectivity index is 1.37. The number of piperidine rings is 1. The van der Waals surface area contributed by atoms with Crippen molar-refractivity contribution in [2.24, 2.45) is 4.99 Å². The molecule has 1 saturated heterocycles. The van der Waals surface area contributed by atoms with Gasteiger partial charge in [0.15, 0.2) is 5.96 Å². The Morgan fingerprint density at radius 2 is 2.03 bits per heavy atom. The van der Waals surface area contributed by atoms with E-state index in [-0.39, 0.29) is 6.61 Å². The van der Waals surface area contributed by atoms with Gasteiger partial charge in [-0.3, -0.25) is 9.89 Å². The largest absolute Gasteiger partial charge is 0.389 e. The van der Waals surface area contributed by atoms with Gasteiger partial charge in [0.25, 0.3) is 0 Å². The molecule has 0 bridgehead atoms. The second kappa shape index (κ2) is 12.7. The molecule has 30 heavy (non-hydrogen) atoms. The summed E-state index contributed by atoms with van der Waals surface area (Å²) in [5, 5.41) is 21.4. The van der Waals surface area contributed by atoms with Crippen LogP contribution in [-0.2, 0) is 17.9 Å². The van der Waals surface area contributed by atoms with E-state index >= 15 is 0 Å². The van der Waals surface area contributed by atoms with E-state index in [1.54, 1.807) is 11.3 Å². The second-order valence-electron chi connectivity index (χ2n) is 7.70. The molecular weight excluding hydrogens is 396 g/mol. The Bertz CT molecular complexity index is 731. The van der Waals surface area contributed by atoms with Crippen molar-refractivity contribution in [1.29, 1.82) is 0 Å². The summed E-state index contributed by atoms with van der Waals surface area (Å²) in [6.07, 6.45) is 1.57. The number of guanidine groups is 1. The zero-order chi connectivity index (χ0) is 21.0. The number of thiophene rings is 1. The SMILES string of the molecule is CCNC(=NCC(O)COCc1ccccc1)NC1CCN(Cc2ccsc2)CC1. The first-order chi connectivity index (χ1) is 14.7. The summed E-state index contributed by atoms with van der Waals surface area (Å²) >= 11 is 1.76. The molecule has 1 unspecified atom stereocenters. The molecule has 7 heteroatoms. The maximum Gasteiger partial charge on any atom is 0.191 e. The first-order valence-corrected chi connectivity index (χ1v) is 11.7. The number of aliphatic hydroxyl groups excluding tert-OH is 1. The molecule has 2 heterocycles. The van der Waals surface area contributed by atoms with Crippen molar-refractivity contribution < 1.29 is 9.84 Å². The Morgan fingerprint density at radius 3 is 2.73 bits per heavy atom. The van der Waals surface area contributed by atoms with Crippen LogP contribution in [0.4, 0.5) is 0 Å². The third-order valence-electron chi connectivity index (χ3n) is 5.14. The van der Waals surface area contributed by atoms with Gasteiger partial charge in [0.1, 0.15) is 0 Å². The van der Waals surface area contributed by atoms with Crippen molar-refractivity contribution in [2.75, 3.05) is 32.8 Å². The lowest BCUT2D eigenvalue weighted by atomic mass is 10.0. The molecule has 1 aromatic carbocycles. The number of aliphatic imine (C=N–C) groups is 1. The zero-order valence-corrected chi connectivity index (χ0v) is 18.6. The second-order valence-corrected chi connectivity index (χ2v) is 8.48. The van der Waals surface area contributed by atoms with Crippen molar-refractivity contribution in [3.63, 3.8) is 0 Å². The van der Waals surface area contributed by atoms with Crippen LogP contribution in [0.5, 0.6) is 0 Å². The molecule has 0 saturated carbocycles. The van der Waals surface area contributed by atoms with Crippen molar-refractivity contribution in [3.8, 4) is 0 Å². The maximum atomic E-state index is 10.2. The number of rotatable bonds is 10. The molecule has 1 aromatic heterocycles. The number of hydrogen-bond donors (Lipinski definition) is 3. The minimum atomic E-state index is -0.614. The molecule has 164 valence electrons. The van der Waals surface area contributed by atoms with Gasteiger partial charge in [0.2, 0.25) is 0 Å². The van der Waals surface area contributed by atoms with E-state index in [4.69, 9.17) is 4.74 Å². The lowest BCUT2D eigenvalue weighted by Gasteiger charge is -2.33. The van der Waals surface area contributed by atoms with Crippen LogP contribution >= 0.6 is 11.3 Å². The van der Waals surface area contributed by atoms with Gasteiger partial charge < -0.3 is 20.5 Å². The smallest absolute Gasteiger partial charge is 0.191 e. The highest BCUT2D eigenvalue weighted by Crippen LogP contribution is 2.15. The molecule has 3 rings (SSSR count). The normalized spacial score (nSPS) is 17.1. The molecule has 0 aliphatic carbocycles. The van der Waals surface area contributed by atoms with Gasteiger partial charge in [-0.05, 0) is 47.7 Å². The van der Waals surface area contributed by atoms with Crippen LogP contribution in [-0.4, -0.2) is 60.9 Å². The van der Waals surface area contributed by atoms with Crippen LogP contribution in [0.1, 0.15) is 30.9 Å². The summed E-state index contributed by atoms with van der Waals surface area (Å²) in [5.74, 6) is 0.774. The first-order valence-electron chi connectivity index (χ1n) is 10.8. The number of ether oxygens (including phenoxy) is 1. The lowest BCUT2D eigenvalue weighted by molar-refractivity contribution is 0.0331. The van der Waals surface area contributed by atoms with Gasteiger partial charge >= 0.3 is 0 Å². The third kappa shape index (κ3) is 8.07. The number of nitrogens with one attached hydrogen (secondary N) is 2. The number of aliphatic hydroxyl groups is 1. The Kier molecular flexibility index (Phi) is 9.63. The number of nitrogens with zero attached hydrogens (tertiary/aromatic N) is 2. The van der Waals surface area contributed by atoms with Gasteiger partial charge in [0, 0.05) is 32.2 Å². The van der Waals surface area contributed by atoms with E-state index in [2.05, 4.69) is 44.3 Å². The maximum absolute atomic E-state index is 10.2. The topological polar surface area (TPSA) is 69.1 Å². The standard InChI is InChI=1S/C23H34N4O2S/c1-2-24-23(25-14-22(28)17-29-16-19-6-4-3-5-7-19)26-21-8-11-27(12-9-21)15-20-10-13-30-18-20/h3-7,10,13,18,21-22,28H,2,8-9,11-12,14-17H2,1H3,(H2,24,25,26). The van der Waals surface area contributed by atoms with Gasteiger partial charge in [-0.25, -0.2) is 0 Å². The fourth-order valence-electron chi connectivity index (χ4n) is 3.53. The summed E-state index contributed by atoms with van der Waals surface area (Å²) in [4.78, 5) is 7.08. The van der Waals surface area contributed by atoms with Crippen LogP contribution in [0.15, 0.2) is 52.2 Å². The Labute approximate surface area is 184 Å². The molecule has 3 N–H and O–H groups in total. The Morgan fingerprint density at radius 1 is 1.23 bits per heavy atom. The summed E-state index contributed by atoms with van der Waals surface area (Å²) in [5.41, 5.74) is 2.51. The lowest BCUT2D eigenvalue weighted by Crippen LogP contribution is -2.48. The molecule has 0 amide bonds. The molecule has 1 aliphatic rings. The van der Waals surface area contributed by atoms with Crippen molar-refractivity contribution in [1.82, 2.24) is 15.5 Å². The zero-order valence-electron chi connectivity index (χ0n) is 17.8. The summed E-state index contributed by atoms with van der Waals surface area (Å²) < 4.78 is 5.61. The fourth-order valence-corrected chi connectivity index (χ4v) is 4.19. The van der Waals surface area contributed by atoms with E-state index in [1.807, 2.05) is 30.3 Å². The van der Waals surface area contributed by atoms with Gasteiger partial charge in [-0.2, -0.15) is 11.3 Å². The minimum absolute atomic E-state index is 0.277. The molecule has 1 aliphatic heterocycles. The van der Waals surface area contributed by atoms with Crippen molar-refractivity contribution >= 4 is 17.3 Å². The molecule has 0 radical (unpaired) electrons. The quantitative estimate of drug-likeness (QED) is 0.399. The van der Waals surface area contributed by atoms with Gasteiger partial charge in [-0.15, -0.1) is 0 Å². The van der Waals surface area contributed by atoms with Crippen molar-refractivity contribution in [2.45, 2.75) is 45.1 Å². The van der Waals surface area contributed by atoms with E-state index in [0.717, 1.165) is 50.5 Å². The first kappa shape index (κ1) is 22.7. The molecule has 6 nitrogen and oxygen atoms in total. The highest BCUT2D eigenvalue weighted by molar-refractivity contribution is 7.07. The van der Waals surface area contributed by atoms with Crippen LogP contribution in [0.25, 0.3) is 0 Å². The predicted octanol–water partition coefficient (Wildman–Crippen LogP) is 2.85. The highest BCUT2D eigenvalue weighted by Gasteiger charge is 2.20. The van der Waals surface area contributed by atoms with Crippen LogP contribution < -0.4 is 10.6 Å². The average Bonchev–Trinajstić information content (AvgIpc) is 3.27. The number of likely N-dealkylation sites (tertiary alicyclic amines) is 1. The number of hydrogen-bond acceptors (Lipinski definition) is 5. The predicted molar refractivity (Wildman–Crippen MR) is 124 cm³/mol. The van der Waals surface area contributed by atoms with Crippen LogP contribution in [0.3, 0.4) is 0 Å². The highest BCUT2D eigenvalue weighted by atomic mass is 32.1. The van der Waals surface area contributed by atoms with Crippen LogP contribution in [0, 0.1) is 0 Å². The third-order valence-corrected chi connectivity index (χ3v) is 5.87. The van der Waals surface area contributed by atoms with Gasteiger partial charge in [-0.1, -0.05) is 30.3 Å². The van der Waals surface area contributed by atoms with E-state index in [0.29, 0.717) is 19.2 Å². The monoisotopic (exact) mass is 430 g/mol. The van der Waals surface area contributed by atoms with Crippen molar-refractivity contribution in [3.05, 3.63) is 58.3 Å². The average molecular weight is 431 g/mol. The van der Waals surface area contributed by atoms with E-state index in [1.165, 1.54) is 5.56 Å². The minimum Gasteiger partial charge on any atom is -0.389 e. The molecular formula is C23H34N4O2S. The summed E-state index contributed by atoms with van der Waals surface area (Å²) in [6.45, 7) is 7.17. The van der Waals surface area contributed by atoms with E-state index < -0.39 is 6.10 Å². The Hall–Kier alpha value is -1.93. The summed E-state index contributed by atoms with van der Waals surface area (Å²) in [6, 6.07) is 12.6. The number of benzene rings is 1.